The summed E-state index contributed by atoms with van der Waals surface area (Å²) in [7, 11) is 0. The maximum Gasteiger partial charge on any atom is 0.268 e. The second-order valence-electron chi connectivity index (χ2n) is 5.76. The van der Waals surface area contributed by atoms with E-state index in [0.29, 0.717) is 28.5 Å². The molecule has 27 heavy (non-hydrogen) atoms. The zero-order valence-electron chi connectivity index (χ0n) is 14.5. The van der Waals surface area contributed by atoms with Gasteiger partial charge >= 0.3 is 0 Å². The fourth-order valence-electron chi connectivity index (χ4n) is 2.71. The number of hydrogen-bond donors (Lipinski definition) is 0. The van der Waals surface area contributed by atoms with E-state index in [-0.39, 0.29) is 5.56 Å². The first-order valence-corrected chi connectivity index (χ1v) is 9.55. The van der Waals surface area contributed by atoms with Crippen molar-refractivity contribution in [3.05, 3.63) is 89.3 Å². The van der Waals surface area contributed by atoms with Crippen LogP contribution in [-0.2, 0) is 0 Å². The van der Waals surface area contributed by atoms with Gasteiger partial charge in [0.2, 0.25) is 0 Å². The van der Waals surface area contributed by atoms with Crippen LogP contribution in [0.3, 0.4) is 0 Å². The quantitative estimate of drug-likeness (QED) is 0.290. The summed E-state index contributed by atoms with van der Waals surface area (Å²) in [6, 6.07) is 22.7. The molecule has 0 saturated carbocycles. The van der Waals surface area contributed by atoms with E-state index in [1.807, 2.05) is 60.7 Å². The molecule has 5 nitrogen and oxygen atoms in total. The molecule has 2 heterocycles. The van der Waals surface area contributed by atoms with Crippen molar-refractivity contribution in [2.45, 2.75) is 5.16 Å². The third kappa shape index (κ3) is 3.85. The molecule has 6 heteroatoms. The monoisotopic (exact) mass is 375 g/mol. The maximum absolute atomic E-state index is 13.0. The summed E-state index contributed by atoms with van der Waals surface area (Å²) in [6.45, 7) is 0.513. The Kier molecular flexibility index (Phi) is 5.16. The molecule has 0 aliphatic carbocycles. The number of fused-ring (bicyclic) bond motifs is 1. The number of thioether (sulfide) groups is 1. The zero-order chi connectivity index (χ0) is 18.5. The third-order valence-electron chi connectivity index (χ3n) is 3.95. The van der Waals surface area contributed by atoms with Crippen LogP contribution in [0.25, 0.3) is 16.7 Å². The van der Waals surface area contributed by atoms with E-state index in [2.05, 4.69) is 9.97 Å². The van der Waals surface area contributed by atoms with Crippen molar-refractivity contribution in [3.63, 3.8) is 0 Å². The maximum atomic E-state index is 13.0. The van der Waals surface area contributed by atoms with Crippen molar-refractivity contribution in [2.24, 2.45) is 0 Å². The molecular weight excluding hydrogens is 358 g/mol. The summed E-state index contributed by atoms with van der Waals surface area (Å²) in [4.78, 5) is 21.9. The zero-order valence-corrected chi connectivity index (χ0v) is 15.3. The van der Waals surface area contributed by atoms with Gasteiger partial charge in [-0.05, 0) is 36.4 Å². The topological polar surface area (TPSA) is 57.0 Å². The summed E-state index contributed by atoms with van der Waals surface area (Å²) in [5, 5.41) is 1.11. The summed E-state index contributed by atoms with van der Waals surface area (Å²) in [6.07, 6.45) is 1.65. The van der Waals surface area contributed by atoms with Crippen LogP contribution in [0.15, 0.2) is 88.9 Å². The molecule has 4 rings (SSSR count). The molecule has 0 aliphatic rings. The fraction of sp³-hybridized carbons (Fsp3) is 0.0952. The van der Waals surface area contributed by atoms with Crippen molar-refractivity contribution in [3.8, 4) is 11.4 Å². The number of para-hydroxylation sites is 2. The first-order chi connectivity index (χ1) is 13.3. The Morgan fingerprint density at radius 2 is 1.67 bits per heavy atom. The summed E-state index contributed by atoms with van der Waals surface area (Å²) in [5.74, 6) is 1.48. The summed E-state index contributed by atoms with van der Waals surface area (Å²) in [5.41, 5.74) is 1.12. The highest BCUT2D eigenvalue weighted by atomic mass is 32.2. The van der Waals surface area contributed by atoms with Crippen molar-refractivity contribution < 1.29 is 4.74 Å². The Bertz CT molecular complexity index is 1100. The van der Waals surface area contributed by atoms with E-state index >= 15 is 0 Å². The van der Waals surface area contributed by atoms with E-state index < -0.39 is 0 Å². The lowest BCUT2D eigenvalue weighted by Gasteiger charge is -2.13. The van der Waals surface area contributed by atoms with E-state index in [9.17, 15) is 4.79 Å². The Morgan fingerprint density at radius 3 is 2.44 bits per heavy atom. The van der Waals surface area contributed by atoms with Crippen LogP contribution in [0.4, 0.5) is 0 Å². The minimum absolute atomic E-state index is 0.120. The number of nitrogens with zero attached hydrogens (tertiary/aromatic N) is 3. The van der Waals surface area contributed by atoms with E-state index in [1.165, 1.54) is 11.8 Å². The molecule has 0 radical (unpaired) electrons. The van der Waals surface area contributed by atoms with Gasteiger partial charge in [0.05, 0.1) is 17.7 Å². The van der Waals surface area contributed by atoms with Crippen LogP contribution in [0.2, 0.25) is 0 Å². The van der Waals surface area contributed by atoms with Crippen molar-refractivity contribution in [1.82, 2.24) is 14.5 Å². The van der Waals surface area contributed by atoms with Crippen LogP contribution < -0.4 is 10.3 Å². The van der Waals surface area contributed by atoms with Crippen LogP contribution in [0.1, 0.15) is 0 Å². The molecule has 0 atom stereocenters. The first-order valence-electron chi connectivity index (χ1n) is 8.57. The number of pyridine rings is 1. The molecule has 134 valence electrons. The molecular formula is C21H17N3O2S. The lowest BCUT2D eigenvalue weighted by atomic mass is 10.3. The average Bonchev–Trinajstić information content (AvgIpc) is 2.73. The number of benzene rings is 2. The number of ether oxygens (including phenoxy) is 1. The highest BCUT2D eigenvalue weighted by Gasteiger charge is 2.13. The minimum atomic E-state index is -0.120. The Labute approximate surface area is 160 Å². The fourth-order valence-corrected chi connectivity index (χ4v) is 3.53. The molecule has 0 saturated heterocycles. The second kappa shape index (κ2) is 8.05. The van der Waals surface area contributed by atoms with Crippen molar-refractivity contribution >= 4 is 22.8 Å². The Hall–Kier alpha value is -3.12. The molecule has 0 fully saturated rings. The van der Waals surface area contributed by atoms with E-state index in [1.54, 1.807) is 22.9 Å². The SMILES string of the molecule is O=c1c2cccnc2nc(SCCOc2ccccc2)n1-c1ccccc1. The molecule has 0 bridgehead atoms. The molecule has 0 N–H and O–H groups in total. The standard InChI is InChI=1S/C21H17N3O2S/c25-20-18-12-7-13-22-19(18)23-21(24(20)16-8-3-1-4-9-16)27-15-14-26-17-10-5-2-6-11-17/h1-13H,14-15H2. The highest BCUT2D eigenvalue weighted by Crippen LogP contribution is 2.20. The molecule has 0 spiro atoms. The molecule has 4 aromatic rings. The minimum Gasteiger partial charge on any atom is -0.493 e. The van der Waals surface area contributed by atoms with Gasteiger partial charge in [0.15, 0.2) is 10.8 Å². The van der Waals surface area contributed by atoms with Gasteiger partial charge in [0, 0.05) is 11.9 Å². The Balaban J connectivity index is 1.63. The average molecular weight is 375 g/mol. The molecule has 0 aliphatic heterocycles. The largest absolute Gasteiger partial charge is 0.493 e. The summed E-state index contributed by atoms with van der Waals surface area (Å²) >= 11 is 1.48. The predicted octanol–water partition coefficient (Wildman–Crippen LogP) is 3.95. The Morgan fingerprint density at radius 1 is 0.926 bits per heavy atom. The summed E-state index contributed by atoms with van der Waals surface area (Å²) < 4.78 is 7.38. The van der Waals surface area contributed by atoms with Gasteiger partial charge in [-0.3, -0.25) is 9.36 Å². The van der Waals surface area contributed by atoms with Gasteiger partial charge in [-0.25, -0.2) is 9.97 Å². The third-order valence-corrected chi connectivity index (χ3v) is 4.86. The van der Waals surface area contributed by atoms with Gasteiger partial charge < -0.3 is 4.74 Å². The van der Waals surface area contributed by atoms with Crippen LogP contribution >= 0.6 is 11.8 Å². The van der Waals surface area contributed by atoms with E-state index in [4.69, 9.17) is 4.74 Å². The molecule has 0 amide bonds. The first kappa shape index (κ1) is 17.3. The van der Waals surface area contributed by atoms with Gasteiger partial charge in [-0.1, -0.05) is 48.2 Å². The second-order valence-corrected chi connectivity index (χ2v) is 6.82. The lowest BCUT2D eigenvalue weighted by molar-refractivity contribution is 0.344. The van der Waals surface area contributed by atoms with Crippen LogP contribution in [-0.4, -0.2) is 26.9 Å². The van der Waals surface area contributed by atoms with Gasteiger partial charge in [0.25, 0.3) is 5.56 Å². The molecule has 2 aromatic heterocycles. The van der Waals surface area contributed by atoms with Gasteiger partial charge in [-0.2, -0.15) is 0 Å². The van der Waals surface area contributed by atoms with Crippen molar-refractivity contribution in [1.29, 1.82) is 0 Å². The van der Waals surface area contributed by atoms with Crippen molar-refractivity contribution in [2.75, 3.05) is 12.4 Å². The molecule has 2 aromatic carbocycles. The number of hydrogen-bond acceptors (Lipinski definition) is 5. The van der Waals surface area contributed by atoms with Crippen LogP contribution in [0, 0.1) is 0 Å². The normalized spacial score (nSPS) is 10.8. The number of aromatic nitrogens is 3. The number of rotatable bonds is 6. The predicted molar refractivity (Wildman–Crippen MR) is 108 cm³/mol. The lowest BCUT2D eigenvalue weighted by Crippen LogP contribution is -2.22. The molecule has 0 unspecified atom stereocenters. The highest BCUT2D eigenvalue weighted by molar-refractivity contribution is 7.99. The van der Waals surface area contributed by atoms with Gasteiger partial charge in [-0.15, -0.1) is 0 Å². The van der Waals surface area contributed by atoms with Crippen LogP contribution in [0.5, 0.6) is 5.75 Å². The van der Waals surface area contributed by atoms with E-state index in [0.717, 1.165) is 11.4 Å². The smallest absolute Gasteiger partial charge is 0.268 e. The van der Waals surface area contributed by atoms with Gasteiger partial charge in [0.1, 0.15) is 5.75 Å².